The van der Waals surface area contributed by atoms with Crippen molar-refractivity contribution < 1.29 is 4.79 Å². The van der Waals surface area contributed by atoms with Crippen LogP contribution in [0.4, 0.5) is 5.69 Å². The van der Waals surface area contributed by atoms with E-state index in [9.17, 15) is 4.79 Å². The van der Waals surface area contributed by atoms with E-state index in [4.69, 9.17) is 11.6 Å². The van der Waals surface area contributed by atoms with Gasteiger partial charge in [0.15, 0.2) is 10.8 Å². The van der Waals surface area contributed by atoms with Gasteiger partial charge in [-0.1, -0.05) is 17.7 Å². The molecule has 1 N–H and O–H groups in total. The van der Waals surface area contributed by atoms with Crippen LogP contribution in [-0.4, -0.2) is 29.8 Å². The SMILES string of the molecule is Cc1nccn1-c1ccc(NC(=O)c2c(Cl)nc3ccccn23)cn1. The molecule has 0 radical (unpaired) electrons. The first-order valence-corrected chi connectivity index (χ1v) is 7.91. The molecular formula is C17H13ClN6O. The van der Waals surface area contributed by atoms with Crippen molar-refractivity contribution in [3.8, 4) is 5.82 Å². The molecule has 1 amide bonds. The molecule has 0 aliphatic carbocycles. The van der Waals surface area contributed by atoms with E-state index >= 15 is 0 Å². The highest BCUT2D eigenvalue weighted by Crippen LogP contribution is 2.19. The summed E-state index contributed by atoms with van der Waals surface area (Å²) in [6, 6.07) is 9.01. The van der Waals surface area contributed by atoms with Crippen LogP contribution in [0.2, 0.25) is 5.15 Å². The predicted octanol–water partition coefficient (Wildman–Crippen LogP) is 3.13. The number of nitrogens with one attached hydrogen (secondary N) is 1. The van der Waals surface area contributed by atoms with Crippen molar-refractivity contribution in [2.45, 2.75) is 6.92 Å². The van der Waals surface area contributed by atoms with E-state index in [2.05, 4.69) is 20.3 Å². The molecule has 0 aliphatic rings. The summed E-state index contributed by atoms with van der Waals surface area (Å²) in [5, 5.41) is 2.95. The zero-order valence-electron chi connectivity index (χ0n) is 13.2. The molecule has 4 rings (SSSR count). The third-order valence-electron chi connectivity index (χ3n) is 3.78. The van der Waals surface area contributed by atoms with Gasteiger partial charge in [0.25, 0.3) is 5.91 Å². The molecule has 0 aromatic carbocycles. The number of rotatable bonds is 3. The maximum atomic E-state index is 12.6. The Morgan fingerprint density at radius 1 is 1.16 bits per heavy atom. The Morgan fingerprint density at radius 2 is 2.04 bits per heavy atom. The van der Waals surface area contributed by atoms with Gasteiger partial charge in [0.1, 0.15) is 17.3 Å². The molecule has 0 bridgehead atoms. The molecule has 4 aromatic rings. The van der Waals surface area contributed by atoms with Crippen molar-refractivity contribution in [2.24, 2.45) is 0 Å². The summed E-state index contributed by atoms with van der Waals surface area (Å²) in [5.74, 6) is 1.21. The van der Waals surface area contributed by atoms with Gasteiger partial charge in [-0.2, -0.15) is 0 Å². The molecule has 124 valence electrons. The fraction of sp³-hybridized carbons (Fsp3) is 0.0588. The van der Waals surface area contributed by atoms with Crippen LogP contribution in [0.25, 0.3) is 11.5 Å². The molecule has 7 nitrogen and oxygen atoms in total. The second-order valence-corrected chi connectivity index (χ2v) is 5.74. The van der Waals surface area contributed by atoms with Gasteiger partial charge in [-0.15, -0.1) is 0 Å². The number of carbonyl (C=O) groups is 1. The number of aryl methyl sites for hydroxylation is 1. The third-order valence-corrected chi connectivity index (χ3v) is 4.04. The van der Waals surface area contributed by atoms with Crippen LogP contribution in [0.1, 0.15) is 16.3 Å². The van der Waals surface area contributed by atoms with Crippen LogP contribution >= 0.6 is 11.6 Å². The van der Waals surface area contributed by atoms with Gasteiger partial charge in [0, 0.05) is 18.6 Å². The molecule has 0 aliphatic heterocycles. The van der Waals surface area contributed by atoms with E-state index in [1.807, 2.05) is 29.8 Å². The molecule has 0 saturated carbocycles. The summed E-state index contributed by atoms with van der Waals surface area (Å²) >= 11 is 6.12. The molecule has 4 heterocycles. The van der Waals surface area contributed by atoms with E-state index in [0.717, 1.165) is 11.6 Å². The number of nitrogens with zero attached hydrogens (tertiary/aromatic N) is 5. The highest BCUT2D eigenvalue weighted by molar-refractivity contribution is 6.33. The summed E-state index contributed by atoms with van der Waals surface area (Å²) in [7, 11) is 0. The van der Waals surface area contributed by atoms with Crippen molar-refractivity contribution >= 4 is 28.8 Å². The first-order valence-electron chi connectivity index (χ1n) is 7.54. The summed E-state index contributed by atoms with van der Waals surface area (Å²) in [6.45, 7) is 1.89. The van der Waals surface area contributed by atoms with Gasteiger partial charge < -0.3 is 5.32 Å². The number of aromatic nitrogens is 5. The van der Waals surface area contributed by atoms with E-state index in [0.29, 0.717) is 11.3 Å². The summed E-state index contributed by atoms with van der Waals surface area (Å²) in [5.41, 5.74) is 1.46. The maximum Gasteiger partial charge on any atom is 0.275 e. The van der Waals surface area contributed by atoms with Gasteiger partial charge in [-0.3, -0.25) is 13.8 Å². The van der Waals surface area contributed by atoms with Crippen molar-refractivity contribution in [3.05, 3.63) is 71.8 Å². The molecule has 0 fully saturated rings. The minimum Gasteiger partial charge on any atom is -0.319 e. The molecule has 0 spiro atoms. The van der Waals surface area contributed by atoms with Crippen molar-refractivity contribution in [2.75, 3.05) is 5.32 Å². The highest BCUT2D eigenvalue weighted by atomic mass is 35.5. The molecule has 0 atom stereocenters. The number of fused-ring (bicyclic) bond motifs is 1. The van der Waals surface area contributed by atoms with Gasteiger partial charge in [-0.05, 0) is 31.2 Å². The smallest absolute Gasteiger partial charge is 0.275 e. The lowest BCUT2D eigenvalue weighted by atomic mass is 10.3. The van der Waals surface area contributed by atoms with Crippen LogP contribution < -0.4 is 5.32 Å². The fourth-order valence-corrected chi connectivity index (χ4v) is 2.85. The Kier molecular flexibility index (Phi) is 3.70. The second-order valence-electron chi connectivity index (χ2n) is 5.38. The number of pyridine rings is 2. The summed E-state index contributed by atoms with van der Waals surface area (Å²) in [4.78, 5) is 25.3. The monoisotopic (exact) mass is 352 g/mol. The molecule has 0 saturated heterocycles. The van der Waals surface area contributed by atoms with Gasteiger partial charge in [0.2, 0.25) is 0 Å². The third kappa shape index (κ3) is 2.74. The quantitative estimate of drug-likeness (QED) is 0.614. The number of carbonyl (C=O) groups excluding carboxylic acids is 1. The zero-order valence-corrected chi connectivity index (χ0v) is 14.0. The zero-order chi connectivity index (χ0) is 17.4. The van der Waals surface area contributed by atoms with Crippen LogP contribution in [0, 0.1) is 6.92 Å². The average molecular weight is 353 g/mol. The van der Waals surface area contributed by atoms with Crippen LogP contribution in [0.15, 0.2) is 55.1 Å². The predicted molar refractivity (Wildman–Crippen MR) is 94.3 cm³/mol. The summed E-state index contributed by atoms with van der Waals surface area (Å²) in [6.07, 6.45) is 6.86. The Morgan fingerprint density at radius 3 is 2.76 bits per heavy atom. The topological polar surface area (TPSA) is 77.1 Å². The molecule has 0 unspecified atom stereocenters. The van der Waals surface area contributed by atoms with Gasteiger partial charge >= 0.3 is 0 Å². The summed E-state index contributed by atoms with van der Waals surface area (Å²) < 4.78 is 3.50. The average Bonchev–Trinajstić information content (AvgIpc) is 3.17. The Hall–Kier alpha value is -3.19. The van der Waals surface area contributed by atoms with Gasteiger partial charge in [0.05, 0.1) is 11.9 Å². The van der Waals surface area contributed by atoms with Gasteiger partial charge in [-0.25, -0.2) is 15.0 Å². The van der Waals surface area contributed by atoms with Crippen molar-refractivity contribution in [3.63, 3.8) is 0 Å². The van der Waals surface area contributed by atoms with E-state index in [-0.39, 0.29) is 16.8 Å². The number of hydrogen-bond acceptors (Lipinski definition) is 4. The lowest BCUT2D eigenvalue weighted by Gasteiger charge is -2.07. The number of hydrogen-bond donors (Lipinski definition) is 1. The minimum atomic E-state index is -0.350. The molecule has 4 aromatic heterocycles. The first-order chi connectivity index (χ1) is 12.1. The number of halogens is 1. The standard InChI is InChI=1S/C17H13ClN6O/c1-11-19-7-9-23(11)13-6-5-12(10-20-13)21-17(25)15-16(18)22-14-4-2-3-8-24(14)15/h2-10H,1H3,(H,21,25). The first kappa shape index (κ1) is 15.3. The number of anilines is 1. The minimum absolute atomic E-state index is 0.155. The lowest BCUT2D eigenvalue weighted by molar-refractivity contribution is 0.102. The van der Waals surface area contributed by atoms with Crippen LogP contribution in [0.3, 0.4) is 0 Å². The van der Waals surface area contributed by atoms with Crippen LogP contribution in [-0.2, 0) is 0 Å². The molecule has 8 heteroatoms. The fourth-order valence-electron chi connectivity index (χ4n) is 2.58. The Labute approximate surface area is 147 Å². The Bertz CT molecular complexity index is 1070. The normalized spacial score (nSPS) is 11.0. The number of imidazole rings is 2. The van der Waals surface area contributed by atoms with E-state index in [1.54, 1.807) is 41.2 Å². The van der Waals surface area contributed by atoms with Crippen LogP contribution in [0.5, 0.6) is 0 Å². The van der Waals surface area contributed by atoms with E-state index < -0.39 is 0 Å². The number of amides is 1. The molecule has 25 heavy (non-hydrogen) atoms. The largest absolute Gasteiger partial charge is 0.319 e. The maximum absolute atomic E-state index is 12.6. The van der Waals surface area contributed by atoms with Crippen molar-refractivity contribution in [1.29, 1.82) is 0 Å². The van der Waals surface area contributed by atoms with Crippen molar-refractivity contribution in [1.82, 2.24) is 23.9 Å². The lowest BCUT2D eigenvalue weighted by Crippen LogP contribution is -2.15. The Balaban J connectivity index is 1.60. The van der Waals surface area contributed by atoms with E-state index in [1.165, 1.54) is 0 Å². The highest BCUT2D eigenvalue weighted by Gasteiger charge is 2.18. The second kappa shape index (κ2) is 6.03. The molecular weight excluding hydrogens is 340 g/mol.